The fourth-order valence-corrected chi connectivity index (χ4v) is 6.52. The number of benzene rings is 2. The van der Waals surface area contributed by atoms with Gasteiger partial charge in [-0.25, -0.2) is 8.78 Å². The van der Waals surface area contributed by atoms with E-state index in [-0.39, 0.29) is 24.3 Å². The van der Waals surface area contributed by atoms with E-state index in [9.17, 15) is 13.6 Å². The van der Waals surface area contributed by atoms with Gasteiger partial charge in [0.15, 0.2) is 0 Å². The molecule has 2 aromatic carbocycles. The van der Waals surface area contributed by atoms with Gasteiger partial charge < -0.3 is 9.72 Å². The molecule has 6 rings (SSSR count). The van der Waals surface area contributed by atoms with Gasteiger partial charge in [-0.1, -0.05) is 18.2 Å². The Bertz CT molecular complexity index is 1220. The molecule has 1 unspecified atom stereocenters. The molecule has 2 aliphatic carbocycles. The van der Waals surface area contributed by atoms with E-state index in [2.05, 4.69) is 28.9 Å². The SMILES string of the molecule is Cc1cc(C2CC2)c(CN2CCC3(CC2c2ccc(OC=O)cc2)CC(F)(F)C3)c2cc[nH]c12. The minimum atomic E-state index is -2.53. The van der Waals surface area contributed by atoms with Gasteiger partial charge in [0.05, 0.1) is 0 Å². The highest BCUT2D eigenvalue weighted by atomic mass is 19.3. The highest BCUT2D eigenvalue weighted by Crippen LogP contribution is 2.60. The van der Waals surface area contributed by atoms with Crippen LogP contribution in [0, 0.1) is 12.3 Å². The van der Waals surface area contributed by atoms with E-state index < -0.39 is 5.92 Å². The summed E-state index contributed by atoms with van der Waals surface area (Å²) in [7, 11) is 0. The van der Waals surface area contributed by atoms with Crippen LogP contribution in [0.5, 0.6) is 5.75 Å². The zero-order valence-corrected chi connectivity index (χ0v) is 19.4. The van der Waals surface area contributed by atoms with Crippen LogP contribution in [0.2, 0.25) is 0 Å². The predicted octanol–water partition coefficient (Wildman–Crippen LogP) is 6.64. The third-order valence-corrected chi connectivity index (χ3v) is 8.28. The zero-order chi connectivity index (χ0) is 23.5. The van der Waals surface area contributed by atoms with Gasteiger partial charge in [0.1, 0.15) is 5.75 Å². The number of alkyl halides is 2. The quantitative estimate of drug-likeness (QED) is 0.416. The number of fused-ring (bicyclic) bond motifs is 1. The van der Waals surface area contributed by atoms with Crippen molar-refractivity contribution in [1.82, 2.24) is 9.88 Å². The molecule has 1 aliphatic heterocycles. The Morgan fingerprint density at radius 3 is 2.62 bits per heavy atom. The summed E-state index contributed by atoms with van der Waals surface area (Å²) in [6, 6.07) is 12.1. The van der Waals surface area contributed by atoms with Crippen LogP contribution in [0.3, 0.4) is 0 Å². The molecule has 0 bridgehead atoms. The Labute approximate surface area is 198 Å². The first kappa shape index (κ1) is 21.8. The Balaban J connectivity index is 1.35. The number of piperidine rings is 1. The van der Waals surface area contributed by atoms with E-state index in [0.717, 1.165) is 31.5 Å². The molecule has 0 radical (unpaired) electrons. The van der Waals surface area contributed by atoms with Crippen LogP contribution < -0.4 is 4.74 Å². The Morgan fingerprint density at radius 2 is 1.94 bits per heavy atom. The van der Waals surface area contributed by atoms with Crippen molar-refractivity contribution in [2.75, 3.05) is 6.54 Å². The largest absolute Gasteiger partial charge is 0.429 e. The number of carbonyl (C=O) groups excluding carboxylic acids is 1. The van der Waals surface area contributed by atoms with Crippen LogP contribution >= 0.6 is 0 Å². The number of nitrogens with zero attached hydrogens (tertiary/aromatic N) is 1. The van der Waals surface area contributed by atoms with Crippen LogP contribution in [-0.4, -0.2) is 28.8 Å². The number of halogens is 2. The number of nitrogens with one attached hydrogen (secondary N) is 1. The summed E-state index contributed by atoms with van der Waals surface area (Å²) in [4.78, 5) is 16.6. The number of H-pyrrole nitrogens is 1. The summed E-state index contributed by atoms with van der Waals surface area (Å²) in [5.74, 6) is -1.40. The van der Waals surface area contributed by atoms with Crippen LogP contribution in [0.25, 0.3) is 10.9 Å². The molecule has 0 amide bonds. The smallest absolute Gasteiger partial charge is 0.298 e. The monoisotopic (exact) mass is 464 g/mol. The molecule has 6 heteroatoms. The highest BCUT2D eigenvalue weighted by molar-refractivity contribution is 5.87. The molecule has 1 N–H and O–H groups in total. The zero-order valence-electron chi connectivity index (χ0n) is 19.4. The molecule has 178 valence electrons. The Hall–Kier alpha value is -2.73. The van der Waals surface area contributed by atoms with Gasteiger partial charge in [-0.3, -0.25) is 9.69 Å². The lowest BCUT2D eigenvalue weighted by Crippen LogP contribution is -2.53. The number of rotatable bonds is 6. The second kappa shape index (κ2) is 7.91. The maximum Gasteiger partial charge on any atom is 0.298 e. The van der Waals surface area contributed by atoms with Crippen LogP contribution in [0.4, 0.5) is 8.78 Å². The molecular formula is C28H30F2N2O2. The van der Waals surface area contributed by atoms with Crippen molar-refractivity contribution in [1.29, 1.82) is 0 Å². The fourth-order valence-electron chi connectivity index (χ4n) is 6.52. The predicted molar refractivity (Wildman–Crippen MR) is 127 cm³/mol. The molecular weight excluding hydrogens is 434 g/mol. The van der Waals surface area contributed by atoms with Crippen molar-refractivity contribution in [2.45, 2.75) is 69.9 Å². The van der Waals surface area contributed by atoms with Gasteiger partial charge in [-0.15, -0.1) is 0 Å². The maximum absolute atomic E-state index is 13.9. The molecule has 1 aromatic heterocycles. The lowest BCUT2D eigenvalue weighted by atomic mass is 9.59. The topological polar surface area (TPSA) is 45.3 Å². The third-order valence-electron chi connectivity index (χ3n) is 8.28. The van der Waals surface area contributed by atoms with Crippen molar-refractivity contribution in [2.24, 2.45) is 5.41 Å². The lowest BCUT2D eigenvalue weighted by Gasteiger charge is -2.54. The van der Waals surface area contributed by atoms with Crippen molar-refractivity contribution >= 4 is 17.4 Å². The number of hydrogen-bond acceptors (Lipinski definition) is 3. The molecule has 4 nitrogen and oxygen atoms in total. The summed E-state index contributed by atoms with van der Waals surface area (Å²) < 4.78 is 32.8. The Morgan fingerprint density at radius 1 is 1.18 bits per heavy atom. The number of carbonyl (C=O) groups is 1. The first-order chi connectivity index (χ1) is 16.4. The van der Waals surface area contributed by atoms with Crippen molar-refractivity contribution in [3.63, 3.8) is 0 Å². The minimum Gasteiger partial charge on any atom is -0.429 e. The van der Waals surface area contributed by atoms with Gasteiger partial charge in [0, 0.05) is 42.5 Å². The first-order valence-electron chi connectivity index (χ1n) is 12.3. The van der Waals surface area contributed by atoms with Gasteiger partial charge in [-0.05, 0) is 90.9 Å². The lowest BCUT2D eigenvalue weighted by molar-refractivity contribution is -0.186. The molecule has 1 atom stereocenters. The van der Waals surface area contributed by atoms with Gasteiger partial charge in [0.25, 0.3) is 6.47 Å². The minimum absolute atomic E-state index is 0.00338. The van der Waals surface area contributed by atoms with E-state index in [1.165, 1.54) is 40.4 Å². The van der Waals surface area contributed by atoms with E-state index in [1.807, 2.05) is 18.3 Å². The van der Waals surface area contributed by atoms with E-state index in [4.69, 9.17) is 4.74 Å². The average Bonchev–Trinajstić information content (AvgIpc) is 3.51. The van der Waals surface area contributed by atoms with E-state index >= 15 is 0 Å². The molecule has 3 aromatic rings. The highest BCUT2D eigenvalue weighted by Gasteiger charge is 2.58. The molecule has 34 heavy (non-hydrogen) atoms. The molecule has 2 heterocycles. The fraction of sp³-hybridized carbons (Fsp3) is 0.464. The molecule has 3 aliphatic rings. The van der Waals surface area contributed by atoms with Crippen molar-refractivity contribution < 1.29 is 18.3 Å². The second-order valence-electron chi connectivity index (χ2n) is 10.7. The summed E-state index contributed by atoms with van der Waals surface area (Å²) in [5, 5.41) is 1.28. The number of likely N-dealkylation sites (tertiary alicyclic amines) is 1. The summed E-state index contributed by atoms with van der Waals surface area (Å²) in [6.07, 6.45) is 6.03. The summed E-state index contributed by atoms with van der Waals surface area (Å²) >= 11 is 0. The molecule has 1 spiro atoms. The van der Waals surface area contributed by atoms with Crippen molar-refractivity contribution in [3.05, 3.63) is 64.8 Å². The van der Waals surface area contributed by atoms with Gasteiger partial charge in [-0.2, -0.15) is 0 Å². The summed E-state index contributed by atoms with van der Waals surface area (Å²) in [5.41, 5.74) is 6.12. The van der Waals surface area contributed by atoms with E-state index in [1.54, 1.807) is 12.1 Å². The number of hydrogen-bond donors (Lipinski definition) is 1. The number of aryl methyl sites for hydroxylation is 1. The molecule has 3 fully saturated rings. The van der Waals surface area contributed by atoms with Gasteiger partial charge >= 0.3 is 0 Å². The third kappa shape index (κ3) is 3.82. The molecule has 2 saturated carbocycles. The van der Waals surface area contributed by atoms with Crippen LogP contribution in [-0.2, 0) is 11.3 Å². The second-order valence-corrected chi connectivity index (χ2v) is 10.7. The number of aromatic nitrogens is 1. The average molecular weight is 465 g/mol. The Kier molecular flexibility index (Phi) is 5.07. The van der Waals surface area contributed by atoms with Crippen molar-refractivity contribution in [3.8, 4) is 5.75 Å². The van der Waals surface area contributed by atoms with Gasteiger partial charge in [0.2, 0.25) is 5.92 Å². The van der Waals surface area contributed by atoms with Crippen LogP contribution in [0.1, 0.15) is 72.7 Å². The maximum atomic E-state index is 13.9. The number of aromatic amines is 1. The number of ether oxygens (including phenoxy) is 1. The van der Waals surface area contributed by atoms with Crippen LogP contribution in [0.15, 0.2) is 42.6 Å². The standard InChI is InChI=1S/C28H30F2N2O2/c1-18-12-23(19-2-3-19)24(22-8-10-31-26(18)22)14-32-11-9-27(15-28(29,30)16-27)13-25(32)20-4-6-21(7-5-20)34-17-33/h4-8,10,12,17,19,25,31H,2-3,9,11,13-16H2,1H3. The normalized spacial score (nSPS) is 23.7. The summed E-state index contributed by atoms with van der Waals surface area (Å²) in [6.45, 7) is 4.20. The van der Waals surface area contributed by atoms with E-state index in [0.29, 0.717) is 18.1 Å². The first-order valence-corrected chi connectivity index (χ1v) is 12.3. The molecule has 1 saturated heterocycles.